The molecule has 0 saturated heterocycles. The number of aliphatic hydroxyl groups excluding tert-OH is 1. The molecule has 0 amide bonds. The van der Waals surface area contributed by atoms with E-state index in [1.807, 2.05) is 30.3 Å². The molecule has 1 heterocycles. The quantitative estimate of drug-likeness (QED) is 0.810. The molecule has 1 aliphatic rings. The summed E-state index contributed by atoms with van der Waals surface area (Å²) < 4.78 is 11.3. The van der Waals surface area contributed by atoms with Gasteiger partial charge in [0.25, 0.3) is 0 Å². The molecule has 2 N–H and O–H groups in total. The van der Waals surface area contributed by atoms with Gasteiger partial charge in [-0.1, -0.05) is 25.0 Å². The van der Waals surface area contributed by atoms with Gasteiger partial charge in [0.05, 0.1) is 13.2 Å². The molecule has 3 rings (SSSR count). The van der Waals surface area contributed by atoms with Crippen molar-refractivity contribution < 1.29 is 14.6 Å². The molecule has 25 heavy (non-hydrogen) atoms. The average Bonchev–Trinajstić information content (AvgIpc) is 2.66. The highest BCUT2D eigenvalue weighted by atomic mass is 16.5. The Morgan fingerprint density at radius 1 is 1.16 bits per heavy atom. The molecule has 1 aromatic heterocycles. The van der Waals surface area contributed by atoms with Crippen LogP contribution in [-0.4, -0.2) is 29.3 Å². The highest BCUT2D eigenvalue weighted by molar-refractivity contribution is 5.43. The van der Waals surface area contributed by atoms with Crippen molar-refractivity contribution in [2.75, 3.05) is 7.11 Å². The zero-order valence-corrected chi connectivity index (χ0v) is 14.6. The van der Waals surface area contributed by atoms with Crippen molar-refractivity contribution in [1.82, 2.24) is 10.3 Å². The lowest BCUT2D eigenvalue weighted by atomic mass is 9.92. The predicted octanol–water partition coefficient (Wildman–Crippen LogP) is 3.06. The molecule has 1 aliphatic carbocycles. The largest absolute Gasteiger partial charge is 0.493 e. The molecule has 134 valence electrons. The van der Waals surface area contributed by atoms with E-state index in [1.54, 1.807) is 19.5 Å². The van der Waals surface area contributed by atoms with Crippen molar-refractivity contribution in [3.05, 3.63) is 53.9 Å². The Morgan fingerprint density at radius 3 is 2.80 bits per heavy atom. The lowest BCUT2D eigenvalue weighted by Gasteiger charge is -2.28. The van der Waals surface area contributed by atoms with Gasteiger partial charge < -0.3 is 19.9 Å². The molecule has 0 radical (unpaired) electrons. The molecule has 1 saturated carbocycles. The van der Waals surface area contributed by atoms with Crippen LogP contribution < -0.4 is 14.8 Å². The monoisotopic (exact) mass is 342 g/mol. The maximum Gasteiger partial charge on any atom is 0.161 e. The van der Waals surface area contributed by atoms with Crippen molar-refractivity contribution in [3.8, 4) is 11.5 Å². The number of hydrogen-bond donors (Lipinski definition) is 2. The van der Waals surface area contributed by atoms with Gasteiger partial charge in [0.2, 0.25) is 0 Å². The minimum Gasteiger partial charge on any atom is -0.493 e. The van der Waals surface area contributed by atoms with Gasteiger partial charge in [0.15, 0.2) is 11.5 Å². The molecule has 1 aromatic carbocycles. The summed E-state index contributed by atoms with van der Waals surface area (Å²) in [6.45, 7) is 1.15. The van der Waals surface area contributed by atoms with Crippen LogP contribution in [-0.2, 0) is 13.2 Å². The third-order valence-electron chi connectivity index (χ3n) is 4.64. The third-order valence-corrected chi connectivity index (χ3v) is 4.64. The van der Waals surface area contributed by atoms with Crippen LogP contribution in [0.25, 0.3) is 0 Å². The van der Waals surface area contributed by atoms with E-state index in [4.69, 9.17) is 9.47 Å². The first kappa shape index (κ1) is 17.7. The number of hydrogen-bond acceptors (Lipinski definition) is 5. The summed E-state index contributed by atoms with van der Waals surface area (Å²) in [5, 5.41) is 13.6. The second-order valence-corrected chi connectivity index (χ2v) is 6.47. The third kappa shape index (κ3) is 4.94. The highest BCUT2D eigenvalue weighted by Gasteiger charge is 2.22. The first-order valence-corrected chi connectivity index (χ1v) is 8.86. The number of benzene rings is 1. The molecule has 0 spiro atoms. The van der Waals surface area contributed by atoms with Gasteiger partial charge in [-0.2, -0.15) is 0 Å². The highest BCUT2D eigenvalue weighted by Crippen LogP contribution is 2.29. The summed E-state index contributed by atoms with van der Waals surface area (Å²) in [5.74, 6) is 1.43. The number of rotatable bonds is 7. The Hall–Kier alpha value is -2.11. The van der Waals surface area contributed by atoms with Crippen LogP contribution in [0.4, 0.5) is 0 Å². The molecule has 0 bridgehead atoms. The fourth-order valence-corrected chi connectivity index (χ4v) is 3.19. The standard InChI is InChI=1S/C20H26N2O3/c1-24-19-9-8-15(13-22-17-6-2-3-7-18(17)23)11-20(19)25-14-16-5-4-10-21-12-16/h4-5,8-12,17-18,22-23H,2-3,6-7,13-14H2,1H3. The Kier molecular flexibility index (Phi) is 6.25. The molecular weight excluding hydrogens is 316 g/mol. The number of nitrogens with one attached hydrogen (secondary N) is 1. The fraction of sp³-hybridized carbons (Fsp3) is 0.450. The van der Waals surface area contributed by atoms with Crippen molar-refractivity contribution in [2.45, 2.75) is 51.0 Å². The summed E-state index contributed by atoms with van der Waals surface area (Å²) >= 11 is 0. The minimum absolute atomic E-state index is 0.176. The van der Waals surface area contributed by atoms with Gasteiger partial charge in [-0.3, -0.25) is 4.98 Å². The first-order chi connectivity index (χ1) is 12.3. The van der Waals surface area contributed by atoms with Gasteiger partial charge in [0, 0.05) is 30.5 Å². The van der Waals surface area contributed by atoms with E-state index in [9.17, 15) is 5.11 Å². The number of aliphatic hydroxyl groups is 1. The Bertz CT molecular complexity index is 663. The Labute approximate surface area is 149 Å². The number of aromatic nitrogens is 1. The normalized spacial score (nSPS) is 20.2. The summed E-state index contributed by atoms with van der Waals surface area (Å²) in [6, 6.07) is 10.00. The van der Waals surface area contributed by atoms with E-state index in [2.05, 4.69) is 10.3 Å². The molecular formula is C20H26N2O3. The zero-order valence-electron chi connectivity index (χ0n) is 14.6. The second-order valence-electron chi connectivity index (χ2n) is 6.47. The van der Waals surface area contributed by atoms with Gasteiger partial charge in [-0.15, -0.1) is 0 Å². The molecule has 5 nitrogen and oxygen atoms in total. The molecule has 5 heteroatoms. The lowest BCUT2D eigenvalue weighted by molar-refractivity contribution is 0.0902. The van der Waals surface area contributed by atoms with E-state index in [0.717, 1.165) is 36.1 Å². The number of ether oxygens (including phenoxy) is 2. The number of pyridine rings is 1. The van der Waals surface area contributed by atoms with Crippen LogP contribution in [0.5, 0.6) is 11.5 Å². The van der Waals surface area contributed by atoms with Crippen LogP contribution in [0, 0.1) is 0 Å². The topological polar surface area (TPSA) is 63.6 Å². The van der Waals surface area contributed by atoms with Crippen LogP contribution in [0.2, 0.25) is 0 Å². The maximum atomic E-state index is 10.1. The fourth-order valence-electron chi connectivity index (χ4n) is 3.19. The minimum atomic E-state index is -0.242. The van der Waals surface area contributed by atoms with Crippen molar-refractivity contribution >= 4 is 0 Å². The van der Waals surface area contributed by atoms with Crippen molar-refractivity contribution in [1.29, 1.82) is 0 Å². The van der Waals surface area contributed by atoms with Gasteiger partial charge in [0.1, 0.15) is 6.61 Å². The Morgan fingerprint density at radius 2 is 2.04 bits per heavy atom. The van der Waals surface area contributed by atoms with E-state index in [-0.39, 0.29) is 12.1 Å². The second kappa shape index (κ2) is 8.83. The average molecular weight is 342 g/mol. The summed E-state index contributed by atoms with van der Waals surface area (Å²) in [7, 11) is 1.64. The van der Waals surface area contributed by atoms with Gasteiger partial charge in [-0.25, -0.2) is 0 Å². The lowest BCUT2D eigenvalue weighted by Crippen LogP contribution is -2.41. The molecule has 2 aromatic rings. The van der Waals surface area contributed by atoms with Crippen LogP contribution in [0.1, 0.15) is 36.8 Å². The van der Waals surface area contributed by atoms with E-state index in [0.29, 0.717) is 18.9 Å². The van der Waals surface area contributed by atoms with E-state index >= 15 is 0 Å². The zero-order chi connectivity index (χ0) is 17.5. The first-order valence-electron chi connectivity index (χ1n) is 8.86. The maximum absolute atomic E-state index is 10.1. The molecule has 2 unspecified atom stereocenters. The van der Waals surface area contributed by atoms with Gasteiger partial charge >= 0.3 is 0 Å². The summed E-state index contributed by atoms with van der Waals surface area (Å²) in [5.41, 5.74) is 2.12. The smallest absolute Gasteiger partial charge is 0.161 e. The number of nitrogens with zero attached hydrogens (tertiary/aromatic N) is 1. The summed E-state index contributed by atoms with van der Waals surface area (Å²) in [4.78, 5) is 4.10. The molecule has 2 atom stereocenters. The van der Waals surface area contributed by atoms with E-state index in [1.165, 1.54) is 6.42 Å². The summed E-state index contributed by atoms with van der Waals surface area (Å²) in [6.07, 6.45) is 7.51. The van der Waals surface area contributed by atoms with E-state index < -0.39 is 0 Å². The van der Waals surface area contributed by atoms with Crippen LogP contribution in [0.15, 0.2) is 42.7 Å². The van der Waals surface area contributed by atoms with Gasteiger partial charge in [-0.05, 0) is 36.6 Å². The van der Waals surface area contributed by atoms with Crippen molar-refractivity contribution in [3.63, 3.8) is 0 Å². The molecule has 1 fully saturated rings. The predicted molar refractivity (Wildman–Crippen MR) is 96.7 cm³/mol. The number of methoxy groups -OCH3 is 1. The molecule has 0 aliphatic heterocycles. The van der Waals surface area contributed by atoms with Crippen LogP contribution >= 0.6 is 0 Å². The van der Waals surface area contributed by atoms with Crippen molar-refractivity contribution in [2.24, 2.45) is 0 Å². The van der Waals surface area contributed by atoms with Crippen LogP contribution in [0.3, 0.4) is 0 Å². The Balaban J connectivity index is 1.62. The SMILES string of the molecule is COc1ccc(CNC2CCCCC2O)cc1OCc1cccnc1.